The van der Waals surface area contributed by atoms with Gasteiger partial charge in [-0.15, -0.1) is 11.3 Å². The predicted molar refractivity (Wildman–Crippen MR) is 80.8 cm³/mol. The number of hydrogen-bond acceptors (Lipinski definition) is 3. The quantitative estimate of drug-likeness (QED) is 0.886. The molecule has 18 heavy (non-hydrogen) atoms. The maximum Gasteiger partial charge on any atom is 0.137 e. The zero-order valence-corrected chi connectivity index (χ0v) is 13.2. The zero-order chi connectivity index (χ0) is 13.3. The largest absolute Gasteiger partial charge is 0.495 e. The Morgan fingerprint density at radius 3 is 2.61 bits per heavy atom. The number of rotatable bonds is 3. The van der Waals surface area contributed by atoms with Crippen molar-refractivity contribution in [3.05, 3.63) is 49.1 Å². The van der Waals surface area contributed by atoms with E-state index >= 15 is 0 Å². The molecular weight excluding hydrogens is 334 g/mol. The van der Waals surface area contributed by atoms with Crippen LogP contribution in [0.4, 0.5) is 0 Å². The maximum atomic E-state index is 6.25. The fourth-order valence-electron chi connectivity index (χ4n) is 1.68. The van der Waals surface area contributed by atoms with Gasteiger partial charge in [-0.25, -0.2) is 0 Å². The molecule has 0 amide bonds. The van der Waals surface area contributed by atoms with Crippen LogP contribution in [0, 0.1) is 6.92 Å². The number of benzene rings is 1. The fraction of sp³-hybridized carbons (Fsp3) is 0.231. The molecule has 0 spiro atoms. The summed E-state index contributed by atoms with van der Waals surface area (Å²) in [5.41, 5.74) is 8.43. The van der Waals surface area contributed by atoms with Crippen molar-refractivity contribution in [1.82, 2.24) is 0 Å². The van der Waals surface area contributed by atoms with Crippen molar-refractivity contribution in [2.24, 2.45) is 5.73 Å². The lowest BCUT2D eigenvalue weighted by molar-refractivity contribution is 0.415. The molecule has 0 aliphatic carbocycles. The van der Waals surface area contributed by atoms with Gasteiger partial charge in [0.25, 0.3) is 0 Å². The van der Waals surface area contributed by atoms with Crippen molar-refractivity contribution in [2.75, 3.05) is 7.11 Å². The molecule has 0 fully saturated rings. The third kappa shape index (κ3) is 2.72. The zero-order valence-electron chi connectivity index (χ0n) is 10.0. The lowest BCUT2D eigenvalue weighted by atomic mass is 10.1. The minimum atomic E-state index is -0.164. The van der Waals surface area contributed by atoms with Gasteiger partial charge in [-0.1, -0.05) is 17.7 Å². The third-order valence-electron chi connectivity index (χ3n) is 2.72. The Morgan fingerprint density at radius 1 is 1.39 bits per heavy atom. The van der Waals surface area contributed by atoms with E-state index in [9.17, 15) is 0 Å². The smallest absolute Gasteiger partial charge is 0.137 e. The average molecular weight is 347 g/mol. The average Bonchev–Trinajstić information content (AvgIpc) is 2.68. The van der Waals surface area contributed by atoms with E-state index in [2.05, 4.69) is 28.9 Å². The summed E-state index contributed by atoms with van der Waals surface area (Å²) in [4.78, 5) is 1.11. The molecule has 1 unspecified atom stereocenters. The fourth-order valence-corrected chi connectivity index (χ4v) is 3.54. The molecule has 2 N–H and O–H groups in total. The van der Waals surface area contributed by atoms with Crippen LogP contribution in [-0.4, -0.2) is 7.11 Å². The summed E-state index contributed by atoms with van der Waals surface area (Å²) in [6.45, 7) is 2.05. The topological polar surface area (TPSA) is 35.2 Å². The summed E-state index contributed by atoms with van der Waals surface area (Å²) >= 11 is 11.3. The first kappa shape index (κ1) is 13.9. The van der Waals surface area contributed by atoms with Gasteiger partial charge in [0.1, 0.15) is 5.75 Å². The van der Waals surface area contributed by atoms with E-state index in [0.29, 0.717) is 10.8 Å². The summed E-state index contributed by atoms with van der Waals surface area (Å²) in [5, 5.41) is 0.581. The van der Waals surface area contributed by atoms with E-state index in [-0.39, 0.29) is 6.04 Å². The summed E-state index contributed by atoms with van der Waals surface area (Å²) in [7, 11) is 1.60. The highest BCUT2D eigenvalue weighted by Gasteiger charge is 2.14. The van der Waals surface area contributed by atoms with Crippen LogP contribution in [-0.2, 0) is 0 Å². The highest BCUT2D eigenvalue weighted by atomic mass is 79.9. The molecule has 2 aromatic rings. The number of aryl methyl sites for hydroxylation is 1. The Bertz CT molecular complexity index is 551. The Morgan fingerprint density at radius 2 is 2.11 bits per heavy atom. The second kappa shape index (κ2) is 5.61. The molecule has 1 atom stereocenters. The first-order valence-electron chi connectivity index (χ1n) is 5.37. The number of halogens is 2. The summed E-state index contributed by atoms with van der Waals surface area (Å²) < 4.78 is 6.25. The molecular formula is C13H13BrClNOS. The van der Waals surface area contributed by atoms with Crippen LogP contribution in [0.1, 0.15) is 22.0 Å². The molecule has 0 aliphatic heterocycles. The number of nitrogens with two attached hydrogens (primary N) is 1. The summed E-state index contributed by atoms with van der Waals surface area (Å²) in [5.74, 6) is 0.663. The minimum absolute atomic E-state index is 0.164. The third-order valence-corrected chi connectivity index (χ3v) is 5.23. The van der Waals surface area contributed by atoms with Crippen LogP contribution < -0.4 is 10.5 Å². The summed E-state index contributed by atoms with van der Waals surface area (Å²) in [6, 6.07) is 7.57. The second-order valence-electron chi connectivity index (χ2n) is 3.98. The van der Waals surface area contributed by atoms with Crippen LogP contribution in [0.5, 0.6) is 5.75 Å². The van der Waals surface area contributed by atoms with Crippen molar-refractivity contribution < 1.29 is 4.74 Å². The van der Waals surface area contributed by atoms with Crippen molar-refractivity contribution >= 4 is 38.9 Å². The van der Waals surface area contributed by atoms with Gasteiger partial charge in [-0.05, 0) is 52.2 Å². The van der Waals surface area contributed by atoms with E-state index in [1.165, 1.54) is 5.56 Å². The SMILES string of the molecule is COc1ccc(C(N)c2cc(C)c(Br)s2)cc1Cl. The van der Waals surface area contributed by atoms with Gasteiger partial charge >= 0.3 is 0 Å². The van der Waals surface area contributed by atoms with E-state index < -0.39 is 0 Å². The van der Waals surface area contributed by atoms with Gasteiger partial charge in [0, 0.05) is 4.88 Å². The van der Waals surface area contributed by atoms with Crippen LogP contribution >= 0.6 is 38.9 Å². The van der Waals surface area contributed by atoms with E-state index in [4.69, 9.17) is 22.1 Å². The van der Waals surface area contributed by atoms with Crippen LogP contribution in [0.2, 0.25) is 5.02 Å². The monoisotopic (exact) mass is 345 g/mol. The molecule has 0 aliphatic rings. The van der Waals surface area contributed by atoms with Crippen molar-refractivity contribution in [2.45, 2.75) is 13.0 Å². The molecule has 0 saturated heterocycles. The molecule has 5 heteroatoms. The van der Waals surface area contributed by atoms with Gasteiger partial charge in [-0.2, -0.15) is 0 Å². The van der Waals surface area contributed by atoms with Crippen molar-refractivity contribution in [3.63, 3.8) is 0 Å². The summed E-state index contributed by atoms with van der Waals surface area (Å²) in [6.07, 6.45) is 0. The van der Waals surface area contributed by atoms with E-state index in [1.54, 1.807) is 18.4 Å². The highest BCUT2D eigenvalue weighted by molar-refractivity contribution is 9.11. The van der Waals surface area contributed by atoms with Crippen LogP contribution in [0.3, 0.4) is 0 Å². The number of ether oxygens (including phenoxy) is 1. The normalized spacial score (nSPS) is 12.5. The Labute approximate surface area is 124 Å². The molecule has 1 heterocycles. The van der Waals surface area contributed by atoms with Gasteiger partial charge < -0.3 is 10.5 Å². The molecule has 2 rings (SSSR count). The van der Waals surface area contributed by atoms with E-state index in [0.717, 1.165) is 14.2 Å². The van der Waals surface area contributed by atoms with Crippen LogP contribution in [0.25, 0.3) is 0 Å². The molecule has 96 valence electrons. The lowest BCUT2D eigenvalue weighted by Crippen LogP contribution is -2.10. The number of methoxy groups -OCH3 is 1. The van der Waals surface area contributed by atoms with Crippen molar-refractivity contribution in [1.29, 1.82) is 0 Å². The van der Waals surface area contributed by atoms with Crippen molar-refractivity contribution in [3.8, 4) is 5.75 Å². The first-order chi connectivity index (χ1) is 8.52. The molecule has 1 aromatic carbocycles. The number of thiophene rings is 1. The van der Waals surface area contributed by atoms with Gasteiger partial charge in [0.05, 0.1) is 22.0 Å². The Balaban J connectivity index is 2.33. The number of hydrogen-bond donors (Lipinski definition) is 1. The standard InChI is InChI=1S/C13H13BrClNOS/c1-7-5-11(18-13(7)14)12(16)8-3-4-10(17-2)9(15)6-8/h3-6,12H,16H2,1-2H3. The van der Waals surface area contributed by atoms with Gasteiger partial charge in [-0.3, -0.25) is 0 Å². The molecule has 0 bridgehead atoms. The molecule has 0 radical (unpaired) electrons. The van der Waals surface area contributed by atoms with Gasteiger partial charge in [0.15, 0.2) is 0 Å². The van der Waals surface area contributed by atoms with Gasteiger partial charge in [0.2, 0.25) is 0 Å². The minimum Gasteiger partial charge on any atom is -0.495 e. The molecule has 1 aromatic heterocycles. The predicted octanol–water partition coefficient (Wildman–Crippen LogP) is 4.53. The first-order valence-corrected chi connectivity index (χ1v) is 7.36. The van der Waals surface area contributed by atoms with E-state index in [1.807, 2.05) is 18.2 Å². The highest BCUT2D eigenvalue weighted by Crippen LogP contribution is 2.35. The van der Waals surface area contributed by atoms with Crippen LogP contribution in [0.15, 0.2) is 28.1 Å². The second-order valence-corrected chi connectivity index (χ2v) is 6.79. The molecule has 0 saturated carbocycles. The lowest BCUT2D eigenvalue weighted by Gasteiger charge is -2.12. The Kier molecular flexibility index (Phi) is 4.33. The Hall–Kier alpha value is -0.550. The maximum absolute atomic E-state index is 6.25. The molecule has 2 nitrogen and oxygen atoms in total.